The van der Waals surface area contributed by atoms with Crippen LogP contribution in [-0.2, 0) is 19.1 Å². The Morgan fingerprint density at radius 3 is 2.42 bits per heavy atom. The van der Waals surface area contributed by atoms with Crippen molar-refractivity contribution < 1.29 is 19.1 Å². The molecule has 2 aliphatic heterocycles. The average molecular weight is 439 g/mol. The predicted molar refractivity (Wildman–Crippen MR) is 121 cm³/mol. The predicted octanol–water partition coefficient (Wildman–Crippen LogP) is 3.11. The molecule has 2 aromatic carbocycles. The summed E-state index contributed by atoms with van der Waals surface area (Å²) < 4.78 is 5.19. The number of nitrogens with one attached hydrogen (secondary N) is 1. The Morgan fingerprint density at radius 1 is 1.10 bits per heavy atom. The lowest BCUT2D eigenvalue weighted by Crippen LogP contribution is -2.56. The number of hydrogen-bond donors (Lipinski definition) is 1. The van der Waals surface area contributed by atoms with Crippen molar-refractivity contribution in [2.45, 2.75) is 24.9 Å². The van der Waals surface area contributed by atoms with E-state index in [1.54, 1.807) is 36.0 Å². The number of rotatable bonds is 6. The minimum Gasteiger partial charge on any atom is -0.468 e. The van der Waals surface area contributed by atoms with Crippen LogP contribution < -0.4 is 10.2 Å². The number of nitrogens with zero attached hydrogens (tertiary/aromatic N) is 1. The van der Waals surface area contributed by atoms with Crippen molar-refractivity contribution in [1.82, 2.24) is 5.32 Å². The van der Waals surface area contributed by atoms with E-state index in [-0.39, 0.29) is 11.8 Å². The number of carbonyl (C=O) groups excluding carboxylic acids is 3. The molecule has 162 valence electrons. The normalized spacial score (nSPS) is 27.5. The first-order chi connectivity index (χ1) is 15.0. The molecule has 4 atom stereocenters. The summed E-state index contributed by atoms with van der Waals surface area (Å²) in [5, 5.41) is 3.43. The highest BCUT2D eigenvalue weighted by Gasteiger charge is 2.68. The molecule has 0 unspecified atom stereocenters. The van der Waals surface area contributed by atoms with Gasteiger partial charge in [0.25, 0.3) is 0 Å². The Kier molecular flexibility index (Phi) is 5.90. The lowest BCUT2D eigenvalue weighted by atomic mass is 9.77. The third kappa shape index (κ3) is 3.36. The summed E-state index contributed by atoms with van der Waals surface area (Å²) in [5.41, 5.74) is 1.19. The minimum atomic E-state index is -1.26. The summed E-state index contributed by atoms with van der Waals surface area (Å²) in [4.78, 5) is 41.8. The number of ether oxygens (including phenoxy) is 1. The smallest absolute Gasteiger partial charge is 0.326 e. The van der Waals surface area contributed by atoms with Crippen LogP contribution in [0.3, 0.4) is 0 Å². The number of methoxy groups -OCH3 is 1. The van der Waals surface area contributed by atoms with E-state index in [2.05, 4.69) is 5.32 Å². The molecule has 2 heterocycles. The fourth-order valence-corrected chi connectivity index (χ4v) is 5.53. The van der Waals surface area contributed by atoms with E-state index in [1.807, 2.05) is 43.5 Å². The maximum Gasteiger partial charge on any atom is 0.326 e. The zero-order chi connectivity index (χ0) is 22.2. The van der Waals surface area contributed by atoms with E-state index in [0.29, 0.717) is 17.9 Å². The second kappa shape index (κ2) is 8.48. The van der Waals surface area contributed by atoms with Gasteiger partial charge in [0.15, 0.2) is 0 Å². The molecular formula is C24H26N2O4S. The first-order valence-electron chi connectivity index (χ1n) is 10.3. The molecular weight excluding hydrogens is 412 g/mol. The van der Waals surface area contributed by atoms with Gasteiger partial charge in [-0.05, 0) is 48.6 Å². The number of anilines is 1. The first kappa shape index (κ1) is 21.6. The van der Waals surface area contributed by atoms with E-state index in [9.17, 15) is 14.4 Å². The molecule has 31 heavy (non-hydrogen) atoms. The standard InChI is InChI=1S/C24H26N2O4S/c1-15-9-7-8-12-17(15)20-18-19(24(25-20,13-14-31-3)23(29)30-2)22(28)26(21(18)27)16-10-5-4-6-11-16/h4-12,18-20,25H,13-14H2,1-3H3/t18-,19-,20+,24+/m0/s1. The van der Waals surface area contributed by atoms with Crippen molar-refractivity contribution in [3.63, 3.8) is 0 Å². The SMILES string of the molecule is COC(=O)[C@]1(CCSC)N[C@H](c2ccccc2C)[C@H]2C(=O)N(c3ccccc3)C(=O)[C@H]21. The van der Waals surface area contributed by atoms with E-state index in [1.165, 1.54) is 12.0 Å². The molecule has 2 amide bonds. The molecule has 0 spiro atoms. The van der Waals surface area contributed by atoms with E-state index in [0.717, 1.165) is 11.1 Å². The van der Waals surface area contributed by atoms with Gasteiger partial charge < -0.3 is 4.74 Å². The summed E-state index contributed by atoms with van der Waals surface area (Å²) in [6.45, 7) is 1.97. The van der Waals surface area contributed by atoms with Crippen LogP contribution in [0.1, 0.15) is 23.6 Å². The lowest BCUT2D eigenvalue weighted by molar-refractivity contribution is -0.152. The van der Waals surface area contributed by atoms with Crippen LogP contribution in [0.5, 0.6) is 0 Å². The number of para-hydroxylation sites is 1. The van der Waals surface area contributed by atoms with Crippen LogP contribution in [0.25, 0.3) is 0 Å². The Balaban J connectivity index is 1.88. The largest absolute Gasteiger partial charge is 0.468 e. The molecule has 0 bridgehead atoms. The Bertz CT molecular complexity index is 1010. The number of thioether (sulfide) groups is 1. The highest BCUT2D eigenvalue weighted by atomic mass is 32.2. The van der Waals surface area contributed by atoms with E-state index in [4.69, 9.17) is 4.74 Å². The van der Waals surface area contributed by atoms with E-state index >= 15 is 0 Å². The highest BCUT2D eigenvalue weighted by molar-refractivity contribution is 7.98. The van der Waals surface area contributed by atoms with Gasteiger partial charge in [-0.3, -0.25) is 19.7 Å². The molecule has 2 aliphatic rings. The third-order valence-electron chi connectivity index (χ3n) is 6.44. The van der Waals surface area contributed by atoms with Crippen molar-refractivity contribution >= 4 is 35.2 Å². The van der Waals surface area contributed by atoms with Crippen molar-refractivity contribution in [3.8, 4) is 0 Å². The fourth-order valence-electron chi connectivity index (χ4n) is 5.00. The van der Waals surface area contributed by atoms with Crippen LogP contribution in [0, 0.1) is 18.8 Å². The molecule has 0 radical (unpaired) electrons. The number of esters is 1. The summed E-state index contributed by atoms with van der Waals surface area (Å²) in [7, 11) is 1.33. The molecule has 4 rings (SSSR count). The van der Waals surface area contributed by atoms with E-state index < -0.39 is 29.4 Å². The van der Waals surface area contributed by atoms with Gasteiger partial charge in [0.05, 0.1) is 24.6 Å². The van der Waals surface area contributed by atoms with Gasteiger partial charge in [0, 0.05) is 6.04 Å². The summed E-state index contributed by atoms with van der Waals surface area (Å²) in [6.07, 6.45) is 2.35. The molecule has 7 heteroatoms. The van der Waals surface area contributed by atoms with Crippen LogP contribution >= 0.6 is 11.8 Å². The number of amides is 2. The van der Waals surface area contributed by atoms with Crippen molar-refractivity contribution in [3.05, 3.63) is 65.7 Å². The minimum absolute atomic E-state index is 0.281. The van der Waals surface area contributed by atoms with Gasteiger partial charge in [-0.15, -0.1) is 0 Å². The number of hydrogen-bond acceptors (Lipinski definition) is 6. The van der Waals surface area contributed by atoms with Crippen molar-refractivity contribution in [2.75, 3.05) is 24.0 Å². The summed E-state index contributed by atoms with van der Waals surface area (Å²) >= 11 is 1.59. The Labute approximate surface area is 186 Å². The average Bonchev–Trinajstić information content (AvgIpc) is 3.27. The lowest BCUT2D eigenvalue weighted by Gasteiger charge is -2.32. The second-order valence-electron chi connectivity index (χ2n) is 8.04. The molecule has 1 N–H and O–H groups in total. The number of fused-ring (bicyclic) bond motifs is 1. The zero-order valence-corrected chi connectivity index (χ0v) is 18.6. The number of benzene rings is 2. The van der Waals surface area contributed by atoms with Gasteiger partial charge in [0.1, 0.15) is 5.54 Å². The van der Waals surface area contributed by atoms with Crippen LogP contribution in [-0.4, -0.2) is 42.4 Å². The van der Waals surface area contributed by atoms with Gasteiger partial charge in [0.2, 0.25) is 11.8 Å². The van der Waals surface area contributed by atoms with Crippen LogP contribution in [0.15, 0.2) is 54.6 Å². The molecule has 0 aliphatic carbocycles. The molecule has 2 saturated heterocycles. The fraction of sp³-hybridized carbons (Fsp3) is 0.375. The molecule has 6 nitrogen and oxygen atoms in total. The molecule has 0 aromatic heterocycles. The van der Waals surface area contributed by atoms with Crippen molar-refractivity contribution in [1.29, 1.82) is 0 Å². The monoisotopic (exact) mass is 438 g/mol. The maximum absolute atomic E-state index is 13.7. The Hall–Kier alpha value is -2.64. The number of carbonyl (C=O) groups is 3. The van der Waals surface area contributed by atoms with Gasteiger partial charge in [-0.2, -0.15) is 11.8 Å². The third-order valence-corrected chi connectivity index (χ3v) is 7.05. The molecule has 0 saturated carbocycles. The maximum atomic E-state index is 13.7. The van der Waals surface area contributed by atoms with Crippen molar-refractivity contribution in [2.24, 2.45) is 11.8 Å². The van der Waals surface area contributed by atoms with Crippen LogP contribution in [0.2, 0.25) is 0 Å². The number of imide groups is 1. The highest BCUT2D eigenvalue weighted by Crippen LogP contribution is 2.51. The first-order valence-corrected chi connectivity index (χ1v) is 11.7. The topological polar surface area (TPSA) is 75.7 Å². The van der Waals surface area contributed by atoms with Gasteiger partial charge in [-0.1, -0.05) is 42.5 Å². The molecule has 2 aromatic rings. The Morgan fingerprint density at radius 2 is 1.77 bits per heavy atom. The van der Waals surface area contributed by atoms with Gasteiger partial charge in [-0.25, -0.2) is 4.90 Å². The number of aryl methyl sites for hydroxylation is 1. The van der Waals surface area contributed by atoms with Gasteiger partial charge >= 0.3 is 5.97 Å². The van der Waals surface area contributed by atoms with Crippen LogP contribution in [0.4, 0.5) is 5.69 Å². The summed E-state index contributed by atoms with van der Waals surface area (Å²) in [6, 6.07) is 16.2. The summed E-state index contributed by atoms with van der Waals surface area (Å²) in [5.74, 6) is -1.99. The molecule has 2 fully saturated rings. The second-order valence-corrected chi connectivity index (χ2v) is 9.02. The zero-order valence-electron chi connectivity index (χ0n) is 17.8. The quantitative estimate of drug-likeness (QED) is 0.552.